The molecule has 108 valence electrons. The summed E-state index contributed by atoms with van der Waals surface area (Å²) in [6.07, 6.45) is 1.84. The number of hydrogen-bond donors (Lipinski definition) is 2. The quantitative estimate of drug-likeness (QED) is 0.750. The largest absolute Gasteiger partial charge is 0.397 e. The molecule has 0 atom stereocenters. The highest BCUT2D eigenvalue weighted by molar-refractivity contribution is 9.10. The number of thiophene rings is 1. The van der Waals surface area contributed by atoms with Gasteiger partial charge in [0, 0.05) is 27.8 Å². The van der Waals surface area contributed by atoms with E-state index >= 15 is 0 Å². The topological polar surface area (TPSA) is 72.9 Å². The van der Waals surface area contributed by atoms with Crippen molar-refractivity contribution in [2.75, 3.05) is 5.73 Å². The van der Waals surface area contributed by atoms with Crippen LogP contribution in [-0.4, -0.2) is 15.7 Å². The van der Waals surface area contributed by atoms with Crippen molar-refractivity contribution in [3.63, 3.8) is 0 Å². The summed E-state index contributed by atoms with van der Waals surface area (Å²) in [7, 11) is 1.84. The molecule has 0 spiro atoms. The number of aromatic nitrogens is 2. The third-order valence-corrected chi connectivity index (χ3v) is 4.77. The molecule has 2 heterocycles. The lowest BCUT2D eigenvalue weighted by molar-refractivity contribution is 0.0955. The van der Waals surface area contributed by atoms with Crippen molar-refractivity contribution in [3.05, 3.63) is 45.5 Å². The van der Waals surface area contributed by atoms with Gasteiger partial charge < -0.3 is 11.1 Å². The Bertz CT molecular complexity index is 824. The monoisotopic (exact) mass is 364 g/mol. The van der Waals surface area contributed by atoms with Crippen LogP contribution in [0.4, 0.5) is 5.69 Å². The average Bonchev–Trinajstić information content (AvgIpc) is 3.01. The average molecular weight is 365 g/mol. The van der Waals surface area contributed by atoms with E-state index in [1.807, 2.05) is 37.5 Å². The van der Waals surface area contributed by atoms with E-state index in [0.29, 0.717) is 17.1 Å². The molecule has 5 nitrogen and oxygen atoms in total. The van der Waals surface area contributed by atoms with Crippen molar-refractivity contribution >= 4 is 48.9 Å². The number of nitrogens with two attached hydrogens (primary N) is 1. The summed E-state index contributed by atoms with van der Waals surface area (Å²) in [5.41, 5.74) is 7.43. The van der Waals surface area contributed by atoms with Gasteiger partial charge in [0.05, 0.1) is 17.9 Å². The molecule has 0 aliphatic rings. The number of rotatable bonds is 3. The Balaban J connectivity index is 1.82. The van der Waals surface area contributed by atoms with E-state index < -0.39 is 0 Å². The second-order valence-corrected chi connectivity index (χ2v) is 6.62. The molecule has 3 aromatic rings. The number of anilines is 1. The van der Waals surface area contributed by atoms with Gasteiger partial charge in [-0.1, -0.05) is 15.9 Å². The van der Waals surface area contributed by atoms with E-state index in [9.17, 15) is 4.79 Å². The third kappa shape index (κ3) is 2.79. The zero-order valence-electron chi connectivity index (χ0n) is 11.3. The molecular formula is C14H13BrN4OS. The molecule has 0 saturated heterocycles. The highest BCUT2D eigenvalue weighted by Crippen LogP contribution is 2.35. The minimum absolute atomic E-state index is 0.171. The van der Waals surface area contributed by atoms with E-state index in [2.05, 4.69) is 26.3 Å². The normalized spacial score (nSPS) is 11.0. The number of carbonyl (C=O) groups is 1. The summed E-state index contributed by atoms with van der Waals surface area (Å²) in [6.45, 7) is 0.386. The van der Waals surface area contributed by atoms with Crippen LogP contribution in [0.2, 0.25) is 0 Å². The first-order chi connectivity index (χ1) is 10.0. The summed E-state index contributed by atoms with van der Waals surface area (Å²) in [6, 6.07) is 7.69. The molecule has 0 radical (unpaired) electrons. The minimum Gasteiger partial charge on any atom is -0.397 e. The first-order valence-electron chi connectivity index (χ1n) is 6.29. The van der Waals surface area contributed by atoms with Gasteiger partial charge in [0.2, 0.25) is 0 Å². The van der Waals surface area contributed by atoms with Gasteiger partial charge in [0.25, 0.3) is 5.91 Å². The summed E-state index contributed by atoms with van der Waals surface area (Å²) >= 11 is 4.81. The van der Waals surface area contributed by atoms with Crippen molar-refractivity contribution in [2.24, 2.45) is 7.05 Å². The lowest BCUT2D eigenvalue weighted by atomic mass is 10.2. The van der Waals surface area contributed by atoms with E-state index in [1.54, 1.807) is 4.68 Å². The van der Waals surface area contributed by atoms with Crippen molar-refractivity contribution in [2.45, 2.75) is 6.54 Å². The molecule has 1 amide bonds. The van der Waals surface area contributed by atoms with Gasteiger partial charge in [0.1, 0.15) is 4.88 Å². The van der Waals surface area contributed by atoms with Crippen LogP contribution >= 0.6 is 27.3 Å². The standard InChI is InChI=1S/C14H13BrN4OS/c1-19-5-4-9(18-19)7-17-14(20)13-12(16)10-6-8(15)2-3-11(10)21-13/h2-6H,7,16H2,1H3,(H,17,20). The Morgan fingerprint density at radius 1 is 1.48 bits per heavy atom. The number of nitrogens with one attached hydrogen (secondary N) is 1. The van der Waals surface area contributed by atoms with Crippen LogP contribution < -0.4 is 11.1 Å². The fourth-order valence-corrected chi connectivity index (χ4v) is 3.45. The van der Waals surface area contributed by atoms with E-state index in [0.717, 1.165) is 20.3 Å². The Morgan fingerprint density at radius 3 is 3.00 bits per heavy atom. The zero-order chi connectivity index (χ0) is 15.0. The van der Waals surface area contributed by atoms with Gasteiger partial charge in [-0.2, -0.15) is 5.10 Å². The van der Waals surface area contributed by atoms with Crippen LogP contribution in [0.25, 0.3) is 10.1 Å². The van der Waals surface area contributed by atoms with Gasteiger partial charge in [-0.3, -0.25) is 9.48 Å². The van der Waals surface area contributed by atoms with Gasteiger partial charge >= 0.3 is 0 Å². The number of fused-ring (bicyclic) bond motifs is 1. The molecule has 3 rings (SSSR count). The lowest BCUT2D eigenvalue weighted by Gasteiger charge is -2.02. The molecule has 0 unspecified atom stereocenters. The number of aryl methyl sites for hydroxylation is 1. The van der Waals surface area contributed by atoms with Crippen LogP contribution in [0.15, 0.2) is 34.9 Å². The molecule has 3 N–H and O–H groups in total. The number of carbonyl (C=O) groups excluding carboxylic acids is 1. The Kier molecular flexibility index (Phi) is 3.69. The van der Waals surface area contributed by atoms with Crippen LogP contribution in [-0.2, 0) is 13.6 Å². The fraction of sp³-hybridized carbons (Fsp3) is 0.143. The van der Waals surface area contributed by atoms with Crippen molar-refractivity contribution in [1.82, 2.24) is 15.1 Å². The van der Waals surface area contributed by atoms with Crippen molar-refractivity contribution < 1.29 is 4.79 Å². The number of nitrogens with zero attached hydrogens (tertiary/aromatic N) is 2. The molecule has 0 bridgehead atoms. The summed E-state index contributed by atoms with van der Waals surface area (Å²) in [4.78, 5) is 12.8. The number of nitrogen functional groups attached to an aromatic ring is 1. The highest BCUT2D eigenvalue weighted by atomic mass is 79.9. The molecule has 7 heteroatoms. The van der Waals surface area contributed by atoms with Crippen LogP contribution in [0.5, 0.6) is 0 Å². The predicted octanol–water partition coefficient (Wildman–Crippen LogP) is 2.91. The molecule has 0 aliphatic carbocycles. The molecule has 1 aromatic carbocycles. The molecule has 2 aromatic heterocycles. The summed E-state index contributed by atoms with van der Waals surface area (Å²) in [5, 5.41) is 7.97. The predicted molar refractivity (Wildman–Crippen MR) is 88.3 cm³/mol. The van der Waals surface area contributed by atoms with Crippen molar-refractivity contribution in [3.8, 4) is 0 Å². The van der Waals surface area contributed by atoms with E-state index in [4.69, 9.17) is 5.73 Å². The molecular weight excluding hydrogens is 352 g/mol. The minimum atomic E-state index is -0.171. The lowest BCUT2D eigenvalue weighted by Crippen LogP contribution is -2.23. The maximum Gasteiger partial charge on any atom is 0.263 e. The first-order valence-corrected chi connectivity index (χ1v) is 7.90. The van der Waals surface area contributed by atoms with Gasteiger partial charge in [-0.25, -0.2) is 0 Å². The van der Waals surface area contributed by atoms with Crippen molar-refractivity contribution in [1.29, 1.82) is 0 Å². The maximum atomic E-state index is 12.3. The fourth-order valence-electron chi connectivity index (χ4n) is 2.07. The number of halogens is 1. The van der Waals surface area contributed by atoms with Gasteiger partial charge in [-0.15, -0.1) is 11.3 Å². The number of amides is 1. The smallest absolute Gasteiger partial charge is 0.263 e. The Hall–Kier alpha value is -1.86. The molecule has 0 saturated carbocycles. The van der Waals surface area contributed by atoms with Gasteiger partial charge in [-0.05, 0) is 24.3 Å². The van der Waals surface area contributed by atoms with Crippen LogP contribution in [0, 0.1) is 0 Å². The van der Waals surface area contributed by atoms with Gasteiger partial charge in [0.15, 0.2) is 0 Å². The summed E-state index contributed by atoms with van der Waals surface area (Å²) < 4.78 is 3.64. The number of benzene rings is 1. The maximum absolute atomic E-state index is 12.3. The third-order valence-electron chi connectivity index (χ3n) is 3.09. The van der Waals surface area contributed by atoms with E-state index in [1.165, 1.54) is 11.3 Å². The molecule has 21 heavy (non-hydrogen) atoms. The Morgan fingerprint density at radius 2 is 2.29 bits per heavy atom. The first kappa shape index (κ1) is 14.1. The zero-order valence-corrected chi connectivity index (χ0v) is 13.7. The second-order valence-electron chi connectivity index (χ2n) is 4.65. The SMILES string of the molecule is Cn1ccc(CNC(=O)c2sc3ccc(Br)cc3c2N)n1. The number of hydrogen-bond acceptors (Lipinski definition) is 4. The molecule has 0 aliphatic heterocycles. The van der Waals surface area contributed by atoms with Crippen LogP contribution in [0.3, 0.4) is 0 Å². The summed E-state index contributed by atoms with van der Waals surface area (Å²) in [5.74, 6) is -0.171. The van der Waals surface area contributed by atoms with E-state index in [-0.39, 0.29) is 5.91 Å². The molecule has 0 fully saturated rings. The second kappa shape index (κ2) is 5.50. The highest BCUT2D eigenvalue weighted by Gasteiger charge is 2.16. The Labute approximate surface area is 133 Å². The van der Waals surface area contributed by atoms with Crippen LogP contribution in [0.1, 0.15) is 15.4 Å².